The van der Waals surface area contributed by atoms with Crippen molar-refractivity contribution < 1.29 is 47.5 Å². The summed E-state index contributed by atoms with van der Waals surface area (Å²) in [5.74, 6) is 0.902. The molecule has 37 heavy (non-hydrogen) atoms. The second-order valence-corrected chi connectivity index (χ2v) is 7.59. The summed E-state index contributed by atoms with van der Waals surface area (Å²) in [6.45, 7) is 1.77. The zero-order valence-corrected chi connectivity index (χ0v) is 21.6. The molecule has 3 rings (SSSR count). The van der Waals surface area contributed by atoms with Crippen LogP contribution in [0.2, 0.25) is 0 Å². The van der Waals surface area contributed by atoms with Gasteiger partial charge in [-0.3, -0.25) is 0 Å². The molecule has 0 bridgehead atoms. The van der Waals surface area contributed by atoms with Crippen LogP contribution in [0.15, 0.2) is 42.5 Å². The van der Waals surface area contributed by atoms with Crippen LogP contribution in [0.4, 0.5) is 0 Å². The zero-order valence-electron chi connectivity index (χ0n) is 21.6. The SMILES string of the molecule is COc1cc(C(=O)Oc2cc(C)cc(OC(=O)c3cc(OC)c(OC)c(OC)c3)c2)cc(OC)c1OC. The van der Waals surface area contributed by atoms with Crippen LogP contribution in [-0.2, 0) is 0 Å². The maximum absolute atomic E-state index is 12.9. The van der Waals surface area contributed by atoms with Gasteiger partial charge < -0.3 is 37.9 Å². The molecule has 0 radical (unpaired) electrons. The Morgan fingerprint density at radius 2 is 0.811 bits per heavy atom. The molecule has 0 aliphatic carbocycles. The van der Waals surface area contributed by atoms with Gasteiger partial charge in [0.1, 0.15) is 11.5 Å². The number of hydrogen-bond acceptors (Lipinski definition) is 10. The van der Waals surface area contributed by atoms with Crippen molar-refractivity contribution in [1.82, 2.24) is 0 Å². The predicted octanol–water partition coefficient (Wildman–Crippen LogP) is 4.49. The second kappa shape index (κ2) is 11.9. The number of methoxy groups -OCH3 is 6. The number of carbonyl (C=O) groups excluding carboxylic acids is 2. The van der Waals surface area contributed by atoms with Gasteiger partial charge in [-0.1, -0.05) is 0 Å². The van der Waals surface area contributed by atoms with E-state index in [-0.39, 0.29) is 22.6 Å². The van der Waals surface area contributed by atoms with E-state index in [0.717, 1.165) is 0 Å². The summed E-state index contributed by atoms with van der Waals surface area (Å²) in [5, 5.41) is 0. The largest absolute Gasteiger partial charge is 0.493 e. The Balaban J connectivity index is 1.86. The lowest BCUT2D eigenvalue weighted by Gasteiger charge is -2.15. The third kappa shape index (κ3) is 5.97. The minimum Gasteiger partial charge on any atom is -0.493 e. The van der Waals surface area contributed by atoms with E-state index in [1.807, 2.05) is 0 Å². The molecule has 0 N–H and O–H groups in total. The van der Waals surface area contributed by atoms with Gasteiger partial charge in [0, 0.05) is 6.07 Å². The van der Waals surface area contributed by atoms with Gasteiger partial charge >= 0.3 is 11.9 Å². The Morgan fingerprint density at radius 3 is 1.08 bits per heavy atom. The fourth-order valence-corrected chi connectivity index (χ4v) is 3.56. The molecular weight excluding hydrogens is 484 g/mol. The van der Waals surface area contributed by atoms with E-state index >= 15 is 0 Å². The average molecular weight is 513 g/mol. The molecule has 3 aromatic rings. The van der Waals surface area contributed by atoms with Crippen LogP contribution in [0, 0.1) is 6.92 Å². The topological polar surface area (TPSA) is 108 Å². The van der Waals surface area contributed by atoms with Crippen LogP contribution in [0.5, 0.6) is 46.0 Å². The summed E-state index contributed by atoms with van der Waals surface area (Å²) in [5.41, 5.74) is 1.04. The molecular formula is C27H28O10. The first-order valence-electron chi connectivity index (χ1n) is 10.9. The zero-order chi connectivity index (χ0) is 27.1. The van der Waals surface area contributed by atoms with Crippen LogP contribution in [0.3, 0.4) is 0 Å². The molecule has 0 spiro atoms. The molecule has 0 unspecified atom stereocenters. The molecule has 10 heteroatoms. The van der Waals surface area contributed by atoms with E-state index in [4.69, 9.17) is 37.9 Å². The normalized spacial score (nSPS) is 10.2. The monoisotopic (exact) mass is 512 g/mol. The predicted molar refractivity (Wildman–Crippen MR) is 133 cm³/mol. The minimum atomic E-state index is -0.674. The van der Waals surface area contributed by atoms with Crippen molar-refractivity contribution in [3.8, 4) is 46.0 Å². The summed E-state index contributed by atoms with van der Waals surface area (Å²) in [4.78, 5) is 25.8. The van der Waals surface area contributed by atoms with Crippen molar-refractivity contribution in [1.29, 1.82) is 0 Å². The molecule has 10 nitrogen and oxygen atoms in total. The van der Waals surface area contributed by atoms with Crippen LogP contribution >= 0.6 is 0 Å². The first-order chi connectivity index (χ1) is 17.8. The summed E-state index contributed by atoms with van der Waals surface area (Å²) in [6.07, 6.45) is 0. The maximum atomic E-state index is 12.9. The molecule has 0 fully saturated rings. The fraction of sp³-hybridized carbons (Fsp3) is 0.259. The highest BCUT2D eigenvalue weighted by Crippen LogP contribution is 2.39. The lowest BCUT2D eigenvalue weighted by Crippen LogP contribution is -2.11. The molecule has 0 atom stereocenters. The first-order valence-corrected chi connectivity index (χ1v) is 10.9. The van der Waals surface area contributed by atoms with Crippen molar-refractivity contribution in [3.05, 3.63) is 59.2 Å². The molecule has 196 valence electrons. The molecule has 3 aromatic carbocycles. The van der Waals surface area contributed by atoms with E-state index in [9.17, 15) is 9.59 Å². The van der Waals surface area contributed by atoms with Crippen molar-refractivity contribution in [2.24, 2.45) is 0 Å². The quantitative estimate of drug-likeness (QED) is 0.285. The summed E-state index contributed by atoms with van der Waals surface area (Å²) in [6, 6.07) is 10.6. The highest BCUT2D eigenvalue weighted by molar-refractivity contribution is 5.94. The molecule has 0 amide bonds. The van der Waals surface area contributed by atoms with Crippen molar-refractivity contribution >= 4 is 11.9 Å². The lowest BCUT2D eigenvalue weighted by molar-refractivity contribution is 0.0731. The Bertz CT molecular complexity index is 1150. The smallest absolute Gasteiger partial charge is 0.343 e. The summed E-state index contributed by atoms with van der Waals surface area (Å²) >= 11 is 0. The van der Waals surface area contributed by atoms with Gasteiger partial charge in [-0.15, -0.1) is 0 Å². The number of carbonyl (C=O) groups is 2. The van der Waals surface area contributed by atoms with Crippen molar-refractivity contribution in [2.75, 3.05) is 42.7 Å². The van der Waals surface area contributed by atoms with E-state index < -0.39 is 11.9 Å². The van der Waals surface area contributed by atoms with Crippen LogP contribution in [0.25, 0.3) is 0 Å². The van der Waals surface area contributed by atoms with Gasteiger partial charge in [0.25, 0.3) is 0 Å². The molecule has 0 aliphatic rings. The molecule has 0 saturated carbocycles. The Kier molecular flexibility index (Phi) is 8.68. The van der Waals surface area contributed by atoms with Gasteiger partial charge in [0.2, 0.25) is 11.5 Å². The summed E-state index contributed by atoms with van der Waals surface area (Å²) < 4.78 is 42.8. The molecule has 0 aliphatic heterocycles. The highest BCUT2D eigenvalue weighted by Gasteiger charge is 2.21. The van der Waals surface area contributed by atoms with E-state index in [1.165, 1.54) is 73.0 Å². The van der Waals surface area contributed by atoms with Crippen LogP contribution in [0.1, 0.15) is 26.3 Å². The third-order valence-corrected chi connectivity index (χ3v) is 5.25. The van der Waals surface area contributed by atoms with Gasteiger partial charge in [0.15, 0.2) is 23.0 Å². The molecule has 0 saturated heterocycles. The van der Waals surface area contributed by atoms with Crippen molar-refractivity contribution in [3.63, 3.8) is 0 Å². The Morgan fingerprint density at radius 1 is 0.486 bits per heavy atom. The number of ether oxygens (including phenoxy) is 8. The van der Waals surface area contributed by atoms with Gasteiger partial charge in [-0.2, -0.15) is 0 Å². The number of aryl methyl sites for hydroxylation is 1. The van der Waals surface area contributed by atoms with Gasteiger partial charge in [-0.05, 0) is 48.9 Å². The number of esters is 2. The Labute approximate surface area is 214 Å². The van der Waals surface area contributed by atoms with Crippen molar-refractivity contribution in [2.45, 2.75) is 6.92 Å². The number of benzene rings is 3. The molecule has 0 aromatic heterocycles. The summed E-state index contributed by atoms with van der Waals surface area (Å²) in [7, 11) is 8.71. The standard InChI is InChI=1S/C27H28O10/c1-15-8-18(36-26(28)16-10-20(30-2)24(34-6)21(11-16)31-3)14-19(9-15)37-27(29)17-12-22(32-4)25(35-7)23(13-17)33-5/h8-14H,1-7H3. The number of hydrogen-bond donors (Lipinski definition) is 0. The van der Waals surface area contributed by atoms with Crippen LogP contribution < -0.4 is 37.9 Å². The fourth-order valence-electron chi connectivity index (χ4n) is 3.56. The van der Waals surface area contributed by atoms with Crippen LogP contribution in [-0.4, -0.2) is 54.6 Å². The third-order valence-electron chi connectivity index (χ3n) is 5.25. The maximum Gasteiger partial charge on any atom is 0.343 e. The van der Waals surface area contributed by atoms with E-state index in [2.05, 4.69) is 0 Å². The van der Waals surface area contributed by atoms with E-state index in [1.54, 1.807) is 19.1 Å². The van der Waals surface area contributed by atoms with Gasteiger partial charge in [-0.25, -0.2) is 9.59 Å². The number of rotatable bonds is 10. The van der Waals surface area contributed by atoms with E-state index in [0.29, 0.717) is 40.1 Å². The minimum absolute atomic E-state index is 0.173. The second-order valence-electron chi connectivity index (χ2n) is 7.59. The lowest BCUT2D eigenvalue weighted by atomic mass is 10.1. The molecule has 0 heterocycles. The Hall–Kier alpha value is -4.60. The van der Waals surface area contributed by atoms with Gasteiger partial charge in [0.05, 0.1) is 53.8 Å². The average Bonchev–Trinajstić information content (AvgIpc) is 2.90. The highest BCUT2D eigenvalue weighted by atomic mass is 16.6. The first kappa shape index (κ1) is 27.0.